The molecule has 0 unspecified atom stereocenters. The molecule has 0 radical (unpaired) electrons. The number of alkyl halides is 1. The molecule has 4 atom stereocenters. The van der Waals surface area contributed by atoms with Crippen LogP contribution in [0, 0.1) is 0 Å². The molecule has 0 aliphatic carbocycles. The molecule has 1 saturated heterocycles. The lowest BCUT2D eigenvalue weighted by molar-refractivity contribution is -0.0568. The summed E-state index contributed by atoms with van der Waals surface area (Å²) in [6, 6.07) is 0. The minimum atomic E-state index is -1.88. The Kier molecular flexibility index (Phi) is 4.64. The van der Waals surface area contributed by atoms with E-state index in [9.17, 15) is 19.1 Å². The molecule has 1 aliphatic heterocycles. The van der Waals surface area contributed by atoms with Crippen molar-refractivity contribution in [2.24, 2.45) is 5.73 Å². The number of hydrogen-bond acceptors (Lipinski definition) is 5. The fourth-order valence-electron chi connectivity index (χ4n) is 2.69. The van der Waals surface area contributed by atoms with Crippen LogP contribution in [-0.2, 0) is 11.2 Å². The van der Waals surface area contributed by atoms with Crippen LogP contribution in [0.2, 0.25) is 0 Å². The highest BCUT2D eigenvalue weighted by atomic mass is 19.1. The first-order chi connectivity index (χ1) is 10.4. The van der Waals surface area contributed by atoms with E-state index in [4.69, 9.17) is 10.5 Å². The largest absolute Gasteiger partial charge is 0.384 e. The lowest BCUT2D eigenvalue weighted by atomic mass is 9.89. The Hall–Kier alpha value is -1.77. The number of nitrogens with zero attached hydrogens (tertiary/aromatic N) is 1. The van der Waals surface area contributed by atoms with Gasteiger partial charge in [0.1, 0.15) is 11.7 Å². The zero-order chi connectivity index (χ0) is 16.5. The third-order valence-electron chi connectivity index (χ3n) is 3.97. The van der Waals surface area contributed by atoms with Crippen molar-refractivity contribution in [1.29, 1.82) is 0 Å². The van der Waals surface area contributed by atoms with Crippen LogP contribution in [0.5, 0.6) is 0 Å². The Labute approximate surface area is 126 Å². The van der Waals surface area contributed by atoms with Crippen molar-refractivity contribution in [3.05, 3.63) is 45.3 Å². The molecule has 0 aromatic carbocycles. The highest BCUT2D eigenvalue weighted by molar-refractivity contribution is 5.09. The summed E-state index contributed by atoms with van der Waals surface area (Å²) >= 11 is 0. The lowest BCUT2D eigenvalue weighted by Gasteiger charge is -2.27. The molecule has 2 rings (SSSR count). The van der Waals surface area contributed by atoms with Crippen LogP contribution in [-0.4, -0.2) is 39.1 Å². The van der Waals surface area contributed by atoms with E-state index in [-0.39, 0.29) is 13.0 Å². The molecule has 0 spiro atoms. The van der Waals surface area contributed by atoms with Gasteiger partial charge in [-0.25, -0.2) is 9.18 Å². The number of rotatable bonds is 5. The van der Waals surface area contributed by atoms with Crippen LogP contribution in [0.3, 0.4) is 0 Å². The van der Waals surface area contributed by atoms with Gasteiger partial charge in [-0.3, -0.25) is 14.3 Å². The Morgan fingerprint density at radius 3 is 2.86 bits per heavy atom. The number of aromatic nitrogens is 2. The number of aromatic amines is 1. The molecule has 22 heavy (non-hydrogen) atoms. The fourth-order valence-corrected chi connectivity index (χ4v) is 2.69. The van der Waals surface area contributed by atoms with Crippen molar-refractivity contribution in [2.75, 3.05) is 6.54 Å². The topological polar surface area (TPSA) is 110 Å². The first kappa shape index (κ1) is 16.6. The number of hydrogen-bond donors (Lipinski definition) is 3. The predicted molar refractivity (Wildman–Crippen MR) is 78.3 cm³/mol. The van der Waals surface area contributed by atoms with E-state index in [1.165, 1.54) is 12.3 Å². The van der Waals surface area contributed by atoms with Gasteiger partial charge >= 0.3 is 5.69 Å². The van der Waals surface area contributed by atoms with Crippen molar-refractivity contribution in [2.45, 2.75) is 43.9 Å². The molecule has 4 N–H and O–H groups in total. The van der Waals surface area contributed by atoms with Gasteiger partial charge < -0.3 is 15.6 Å². The quantitative estimate of drug-likeness (QED) is 0.641. The van der Waals surface area contributed by atoms with Crippen molar-refractivity contribution < 1.29 is 14.2 Å². The summed E-state index contributed by atoms with van der Waals surface area (Å²) in [4.78, 5) is 25.6. The third-order valence-corrected chi connectivity index (χ3v) is 3.97. The summed E-state index contributed by atoms with van der Waals surface area (Å²) in [6.45, 7) is 5.11. The second-order valence-corrected chi connectivity index (χ2v) is 5.31. The second-order valence-electron chi connectivity index (χ2n) is 5.31. The van der Waals surface area contributed by atoms with Crippen molar-refractivity contribution in [3.8, 4) is 0 Å². The van der Waals surface area contributed by atoms with Gasteiger partial charge in [0.05, 0.1) is 0 Å². The van der Waals surface area contributed by atoms with Gasteiger partial charge in [0, 0.05) is 18.3 Å². The maximum Gasteiger partial charge on any atom is 0.330 e. The molecular weight excluding hydrogens is 293 g/mol. The lowest BCUT2D eigenvalue weighted by Crippen LogP contribution is -2.48. The van der Waals surface area contributed by atoms with Gasteiger partial charge in [-0.15, -0.1) is 6.58 Å². The fraction of sp³-hybridized carbons (Fsp3) is 0.571. The molecule has 2 heterocycles. The predicted octanol–water partition coefficient (Wildman–Crippen LogP) is -0.400. The SMILES string of the molecule is C=CC[C@@]1(O)[C@@H](CN)O[C@@H](n2cc(CC)c(=O)[nH]c2=O)[C@@H]1F. The van der Waals surface area contributed by atoms with Gasteiger partial charge in [0.2, 0.25) is 0 Å². The van der Waals surface area contributed by atoms with Crippen LogP contribution in [0.15, 0.2) is 28.4 Å². The summed E-state index contributed by atoms with van der Waals surface area (Å²) in [5.41, 5.74) is 2.67. The number of ether oxygens (including phenoxy) is 1. The Bertz CT molecular complexity index is 671. The summed E-state index contributed by atoms with van der Waals surface area (Å²) in [7, 11) is 0. The highest BCUT2D eigenvalue weighted by Crippen LogP contribution is 2.40. The standard InChI is InChI=1S/C14H20FN3O4/c1-3-5-14(21)9(6-16)22-12(10(14)15)18-7-8(4-2)11(19)17-13(18)20/h3,7,9-10,12,21H,1,4-6,16H2,2H3,(H,17,19,20)/t9-,10+,12-,14-/m1/s1. The van der Waals surface area contributed by atoms with Crippen molar-refractivity contribution in [3.63, 3.8) is 0 Å². The van der Waals surface area contributed by atoms with E-state index in [1.54, 1.807) is 6.92 Å². The molecule has 0 bridgehead atoms. The number of halogens is 1. The van der Waals surface area contributed by atoms with E-state index in [0.717, 1.165) is 4.57 Å². The smallest absolute Gasteiger partial charge is 0.330 e. The van der Waals surface area contributed by atoms with Gasteiger partial charge in [0.25, 0.3) is 5.56 Å². The van der Waals surface area contributed by atoms with Gasteiger partial charge in [-0.1, -0.05) is 13.0 Å². The molecule has 0 saturated carbocycles. The Morgan fingerprint density at radius 2 is 2.32 bits per heavy atom. The first-order valence-electron chi connectivity index (χ1n) is 7.06. The minimum Gasteiger partial charge on any atom is -0.384 e. The number of H-pyrrole nitrogens is 1. The van der Waals surface area contributed by atoms with E-state index in [2.05, 4.69) is 11.6 Å². The number of nitrogens with two attached hydrogens (primary N) is 1. The number of aryl methyl sites for hydroxylation is 1. The van der Waals surface area contributed by atoms with Crippen molar-refractivity contribution >= 4 is 0 Å². The van der Waals surface area contributed by atoms with E-state index < -0.39 is 35.4 Å². The van der Waals surface area contributed by atoms with Crippen LogP contribution in [0.4, 0.5) is 4.39 Å². The van der Waals surface area contributed by atoms with Gasteiger partial charge in [-0.2, -0.15) is 0 Å². The molecule has 1 aromatic rings. The minimum absolute atomic E-state index is 0.0642. The van der Waals surface area contributed by atoms with E-state index >= 15 is 0 Å². The molecular formula is C14H20FN3O4. The average Bonchev–Trinajstić information content (AvgIpc) is 2.72. The van der Waals surface area contributed by atoms with E-state index in [1.807, 2.05) is 0 Å². The van der Waals surface area contributed by atoms with Crippen LogP contribution in [0.25, 0.3) is 0 Å². The molecule has 8 heteroatoms. The van der Waals surface area contributed by atoms with Gasteiger partial charge in [-0.05, 0) is 12.8 Å². The summed E-state index contributed by atoms with van der Waals surface area (Å²) in [5, 5.41) is 10.5. The monoisotopic (exact) mass is 313 g/mol. The third kappa shape index (κ3) is 2.53. The molecule has 0 amide bonds. The van der Waals surface area contributed by atoms with Crippen LogP contribution >= 0.6 is 0 Å². The summed E-state index contributed by atoms with van der Waals surface area (Å²) < 4.78 is 21.1. The molecule has 122 valence electrons. The molecule has 1 fully saturated rings. The average molecular weight is 313 g/mol. The molecule has 1 aliphatic rings. The van der Waals surface area contributed by atoms with E-state index in [0.29, 0.717) is 12.0 Å². The summed E-state index contributed by atoms with van der Waals surface area (Å²) in [5.74, 6) is 0. The Morgan fingerprint density at radius 1 is 1.64 bits per heavy atom. The number of aliphatic hydroxyl groups is 1. The maximum absolute atomic E-state index is 14.7. The Balaban J connectivity index is 2.48. The van der Waals surface area contributed by atoms with Crippen LogP contribution < -0.4 is 17.0 Å². The highest BCUT2D eigenvalue weighted by Gasteiger charge is 2.56. The van der Waals surface area contributed by atoms with Crippen LogP contribution in [0.1, 0.15) is 25.1 Å². The van der Waals surface area contributed by atoms with Gasteiger partial charge in [0.15, 0.2) is 12.4 Å². The molecule has 1 aromatic heterocycles. The normalized spacial score (nSPS) is 31.4. The first-order valence-corrected chi connectivity index (χ1v) is 7.06. The molecule has 7 nitrogen and oxygen atoms in total. The van der Waals surface area contributed by atoms with Crippen molar-refractivity contribution in [1.82, 2.24) is 9.55 Å². The maximum atomic E-state index is 14.7. The number of nitrogens with one attached hydrogen (secondary N) is 1. The summed E-state index contributed by atoms with van der Waals surface area (Å²) in [6.07, 6.45) is -1.28. The zero-order valence-corrected chi connectivity index (χ0v) is 12.3. The second kappa shape index (κ2) is 6.15. The zero-order valence-electron chi connectivity index (χ0n) is 12.3.